The predicted molar refractivity (Wildman–Crippen MR) is 117 cm³/mol. The van der Waals surface area contributed by atoms with Crippen LogP contribution in [-0.4, -0.2) is 61.6 Å². The van der Waals surface area contributed by atoms with Crippen molar-refractivity contribution in [2.45, 2.75) is 56.8 Å². The van der Waals surface area contributed by atoms with Gasteiger partial charge in [0.15, 0.2) is 0 Å². The van der Waals surface area contributed by atoms with Crippen LogP contribution in [0.15, 0.2) is 24.3 Å². The van der Waals surface area contributed by atoms with Crippen molar-refractivity contribution in [1.29, 1.82) is 0 Å². The number of para-hydroxylation sites is 1. The Morgan fingerprint density at radius 2 is 1.63 bits per heavy atom. The second kappa shape index (κ2) is 9.27. The zero-order valence-electron chi connectivity index (χ0n) is 18.2. The Bertz CT molecular complexity index is 746. The standard InChI is InChI=1S/C24H35N3O3/c1-30-21-9-3-2-8-20(21)24(12-4-5-13-24)18-25-22(28)19-10-16-27(17-11-19)23(29)26-14-6-7-15-26/h2-3,8-9,19H,4-7,10-18H2,1H3,(H,25,28). The van der Waals surface area contributed by atoms with Gasteiger partial charge in [0, 0.05) is 49.6 Å². The SMILES string of the molecule is COc1ccccc1C1(CNC(=O)C2CCN(C(=O)N3CCCC3)CC2)CCCC1. The summed E-state index contributed by atoms with van der Waals surface area (Å²) in [5.74, 6) is 1.07. The highest BCUT2D eigenvalue weighted by molar-refractivity contribution is 5.80. The van der Waals surface area contributed by atoms with Crippen LogP contribution < -0.4 is 10.1 Å². The Morgan fingerprint density at radius 1 is 1.00 bits per heavy atom. The van der Waals surface area contributed by atoms with Crippen molar-refractivity contribution in [3.05, 3.63) is 29.8 Å². The second-order valence-corrected chi connectivity index (χ2v) is 9.14. The molecular weight excluding hydrogens is 378 g/mol. The number of urea groups is 1. The summed E-state index contributed by atoms with van der Waals surface area (Å²) in [5, 5.41) is 3.28. The average Bonchev–Trinajstić information content (AvgIpc) is 3.50. The lowest BCUT2D eigenvalue weighted by atomic mass is 9.78. The molecule has 6 heteroatoms. The topological polar surface area (TPSA) is 61.9 Å². The largest absolute Gasteiger partial charge is 0.496 e. The van der Waals surface area contributed by atoms with Crippen molar-refractivity contribution in [2.24, 2.45) is 5.92 Å². The summed E-state index contributed by atoms with van der Waals surface area (Å²) in [6, 6.07) is 8.39. The fourth-order valence-electron chi connectivity index (χ4n) is 5.52. The number of carbonyl (C=O) groups is 2. The first-order chi connectivity index (χ1) is 14.6. The number of methoxy groups -OCH3 is 1. The molecule has 1 aromatic carbocycles. The molecule has 2 aliphatic heterocycles. The second-order valence-electron chi connectivity index (χ2n) is 9.14. The number of amides is 3. The van der Waals surface area contributed by atoms with E-state index < -0.39 is 0 Å². The molecule has 6 nitrogen and oxygen atoms in total. The number of nitrogens with zero attached hydrogens (tertiary/aromatic N) is 2. The molecule has 3 fully saturated rings. The lowest BCUT2D eigenvalue weighted by molar-refractivity contribution is -0.126. The van der Waals surface area contributed by atoms with Gasteiger partial charge in [-0.3, -0.25) is 4.79 Å². The van der Waals surface area contributed by atoms with Gasteiger partial charge in [0.2, 0.25) is 5.91 Å². The van der Waals surface area contributed by atoms with Gasteiger partial charge in [-0.15, -0.1) is 0 Å². The quantitative estimate of drug-likeness (QED) is 0.803. The van der Waals surface area contributed by atoms with E-state index in [9.17, 15) is 9.59 Å². The summed E-state index contributed by atoms with van der Waals surface area (Å²) in [6.07, 6.45) is 8.26. The minimum atomic E-state index is -0.0331. The van der Waals surface area contributed by atoms with Crippen LogP contribution in [0, 0.1) is 5.92 Å². The number of piperidine rings is 1. The van der Waals surface area contributed by atoms with Crippen LogP contribution in [0.3, 0.4) is 0 Å². The highest BCUT2D eigenvalue weighted by Crippen LogP contribution is 2.44. The number of benzene rings is 1. The maximum Gasteiger partial charge on any atom is 0.319 e. The smallest absolute Gasteiger partial charge is 0.319 e. The van der Waals surface area contributed by atoms with Crippen molar-refractivity contribution < 1.29 is 14.3 Å². The average molecular weight is 414 g/mol. The van der Waals surface area contributed by atoms with E-state index in [0.29, 0.717) is 19.6 Å². The summed E-state index contributed by atoms with van der Waals surface area (Å²) in [7, 11) is 1.72. The van der Waals surface area contributed by atoms with Crippen molar-refractivity contribution in [3.8, 4) is 5.75 Å². The van der Waals surface area contributed by atoms with Gasteiger partial charge in [-0.2, -0.15) is 0 Å². The highest BCUT2D eigenvalue weighted by atomic mass is 16.5. The molecule has 1 N–H and O–H groups in total. The van der Waals surface area contributed by atoms with Crippen LogP contribution in [0.5, 0.6) is 5.75 Å². The molecule has 0 spiro atoms. The maximum absolute atomic E-state index is 13.0. The third-order valence-electron chi connectivity index (χ3n) is 7.35. The Labute approximate surface area is 179 Å². The minimum absolute atomic E-state index is 0.00347. The number of hydrogen-bond donors (Lipinski definition) is 1. The fraction of sp³-hybridized carbons (Fsp3) is 0.667. The molecule has 0 aromatic heterocycles. The molecule has 0 atom stereocenters. The van der Waals surface area contributed by atoms with Gasteiger partial charge < -0.3 is 19.9 Å². The maximum atomic E-state index is 13.0. The van der Waals surface area contributed by atoms with Crippen molar-refractivity contribution >= 4 is 11.9 Å². The predicted octanol–water partition coefficient (Wildman–Crippen LogP) is 3.55. The number of likely N-dealkylation sites (tertiary alicyclic amines) is 2. The zero-order chi connectivity index (χ0) is 21.0. The Morgan fingerprint density at radius 3 is 2.30 bits per heavy atom. The van der Waals surface area contributed by atoms with Gasteiger partial charge in [-0.1, -0.05) is 31.0 Å². The third-order valence-corrected chi connectivity index (χ3v) is 7.35. The van der Waals surface area contributed by atoms with E-state index in [2.05, 4.69) is 17.4 Å². The molecule has 0 unspecified atom stereocenters. The number of nitrogens with one attached hydrogen (secondary N) is 1. The molecule has 2 heterocycles. The van der Waals surface area contributed by atoms with E-state index in [0.717, 1.165) is 57.4 Å². The fourth-order valence-corrected chi connectivity index (χ4v) is 5.52. The van der Waals surface area contributed by atoms with Crippen LogP contribution >= 0.6 is 0 Å². The molecule has 1 saturated carbocycles. The first kappa shape index (κ1) is 21.0. The van der Waals surface area contributed by atoms with Crippen molar-refractivity contribution in [1.82, 2.24) is 15.1 Å². The van der Waals surface area contributed by atoms with E-state index in [1.807, 2.05) is 21.9 Å². The van der Waals surface area contributed by atoms with Crippen LogP contribution in [0.2, 0.25) is 0 Å². The lowest BCUT2D eigenvalue weighted by Gasteiger charge is -2.35. The molecular formula is C24H35N3O3. The summed E-state index contributed by atoms with van der Waals surface area (Å²) < 4.78 is 5.63. The Balaban J connectivity index is 1.33. The first-order valence-electron chi connectivity index (χ1n) is 11.6. The zero-order valence-corrected chi connectivity index (χ0v) is 18.2. The Kier molecular flexibility index (Phi) is 6.49. The van der Waals surface area contributed by atoms with Crippen molar-refractivity contribution in [3.63, 3.8) is 0 Å². The van der Waals surface area contributed by atoms with E-state index in [1.54, 1.807) is 7.11 Å². The summed E-state index contributed by atoms with van der Waals surface area (Å²) in [5.41, 5.74) is 1.19. The van der Waals surface area contributed by atoms with Crippen LogP contribution in [-0.2, 0) is 10.2 Å². The molecule has 164 valence electrons. The highest BCUT2D eigenvalue weighted by Gasteiger charge is 2.39. The van der Waals surface area contributed by atoms with Crippen LogP contribution in [0.4, 0.5) is 4.79 Å². The molecule has 30 heavy (non-hydrogen) atoms. The lowest BCUT2D eigenvalue weighted by Crippen LogP contribution is -2.48. The van der Waals surface area contributed by atoms with Gasteiger partial charge >= 0.3 is 6.03 Å². The van der Waals surface area contributed by atoms with E-state index in [4.69, 9.17) is 4.74 Å². The molecule has 4 rings (SSSR count). The molecule has 0 bridgehead atoms. The minimum Gasteiger partial charge on any atom is -0.496 e. The van der Waals surface area contributed by atoms with Gasteiger partial charge in [-0.05, 0) is 44.6 Å². The number of rotatable bonds is 5. The van der Waals surface area contributed by atoms with Gasteiger partial charge in [-0.25, -0.2) is 4.79 Å². The number of carbonyl (C=O) groups excluding carboxylic acids is 2. The van der Waals surface area contributed by atoms with Crippen LogP contribution in [0.25, 0.3) is 0 Å². The van der Waals surface area contributed by atoms with Gasteiger partial charge in [0.25, 0.3) is 0 Å². The molecule has 0 radical (unpaired) electrons. The first-order valence-corrected chi connectivity index (χ1v) is 11.6. The normalized spacial score (nSPS) is 21.6. The molecule has 3 aliphatic rings. The Hall–Kier alpha value is -2.24. The molecule has 1 aromatic rings. The summed E-state index contributed by atoms with van der Waals surface area (Å²) in [4.78, 5) is 29.4. The third kappa shape index (κ3) is 4.28. The number of ether oxygens (including phenoxy) is 1. The molecule has 3 amide bonds. The van der Waals surface area contributed by atoms with E-state index in [-0.39, 0.29) is 23.3 Å². The van der Waals surface area contributed by atoms with E-state index in [1.165, 1.54) is 18.4 Å². The summed E-state index contributed by atoms with van der Waals surface area (Å²) >= 11 is 0. The number of hydrogen-bond acceptors (Lipinski definition) is 3. The molecule has 1 aliphatic carbocycles. The molecule has 2 saturated heterocycles. The van der Waals surface area contributed by atoms with Gasteiger partial charge in [0.05, 0.1) is 7.11 Å². The van der Waals surface area contributed by atoms with Crippen molar-refractivity contribution in [2.75, 3.05) is 39.8 Å². The van der Waals surface area contributed by atoms with E-state index >= 15 is 0 Å². The van der Waals surface area contributed by atoms with Crippen LogP contribution in [0.1, 0.15) is 56.9 Å². The van der Waals surface area contributed by atoms with Gasteiger partial charge in [0.1, 0.15) is 5.75 Å². The monoisotopic (exact) mass is 413 g/mol. The summed E-state index contributed by atoms with van der Waals surface area (Å²) in [6.45, 7) is 3.80.